The van der Waals surface area contributed by atoms with Crippen molar-refractivity contribution in [2.75, 3.05) is 6.54 Å². The van der Waals surface area contributed by atoms with E-state index in [4.69, 9.17) is 11.6 Å². The van der Waals surface area contributed by atoms with Crippen LogP contribution in [0.25, 0.3) is 0 Å². The number of nitrogens with zero attached hydrogens (tertiary/aromatic N) is 3. The summed E-state index contributed by atoms with van der Waals surface area (Å²) in [5, 5.41) is 4.31. The van der Waals surface area contributed by atoms with Crippen molar-refractivity contribution in [1.29, 1.82) is 0 Å². The van der Waals surface area contributed by atoms with Crippen molar-refractivity contribution in [3.05, 3.63) is 58.9 Å². The molecule has 228 valence electrons. The minimum atomic E-state index is -0.0663. The molecule has 0 aliphatic heterocycles. The van der Waals surface area contributed by atoms with Crippen LogP contribution in [0.5, 0.6) is 0 Å². The Balaban J connectivity index is 1.19. The predicted molar refractivity (Wildman–Crippen MR) is 168 cm³/mol. The zero-order valence-electron chi connectivity index (χ0n) is 25.6. The van der Waals surface area contributed by atoms with Gasteiger partial charge in [0.05, 0.1) is 6.54 Å². The van der Waals surface area contributed by atoms with Gasteiger partial charge in [-0.25, -0.2) is 4.79 Å². The molecular weight excluding hydrogens is 544 g/mol. The van der Waals surface area contributed by atoms with Crippen LogP contribution in [-0.2, 0) is 17.9 Å². The molecule has 1 unspecified atom stereocenters. The van der Waals surface area contributed by atoms with Crippen LogP contribution < -0.4 is 5.32 Å². The van der Waals surface area contributed by atoms with E-state index in [1.165, 1.54) is 25.7 Å². The van der Waals surface area contributed by atoms with Crippen LogP contribution in [0, 0.1) is 17.8 Å². The second-order valence-electron chi connectivity index (χ2n) is 14.0. The maximum atomic E-state index is 14.3. The lowest BCUT2D eigenvalue weighted by molar-refractivity contribution is -0.136. The molecule has 5 saturated carbocycles. The number of carbonyl (C=O) groups excluding carboxylic acids is 2. The first kappa shape index (κ1) is 29.6. The van der Waals surface area contributed by atoms with Gasteiger partial charge in [-0.15, -0.1) is 0 Å². The summed E-state index contributed by atoms with van der Waals surface area (Å²) in [5.74, 6) is 2.35. The summed E-state index contributed by atoms with van der Waals surface area (Å²) in [6, 6.07) is 12.3. The van der Waals surface area contributed by atoms with E-state index in [2.05, 4.69) is 53.0 Å². The Morgan fingerprint density at radius 1 is 1.00 bits per heavy atom. The highest BCUT2D eigenvalue weighted by Crippen LogP contribution is 2.55. The number of aromatic nitrogens is 1. The number of hydrogen-bond donors (Lipinski definition) is 1. The van der Waals surface area contributed by atoms with Crippen molar-refractivity contribution in [2.24, 2.45) is 17.8 Å². The second kappa shape index (κ2) is 12.6. The van der Waals surface area contributed by atoms with Crippen molar-refractivity contribution < 1.29 is 9.59 Å². The van der Waals surface area contributed by atoms with Crippen molar-refractivity contribution in [2.45, 2.75) is 122 Å². The van der Waals surface area contributed by atoms with Gasteiger partial charge in [-0.05, 0) is 106 Å². The quantitative estimate of drug-likeness (QED) is 0.308. The summed E-state index contributed by atoms with van der Waals surface area (Å²) in [6.45, 7) is 5.55. The van der Waals surface area contributed by atoms with Crippen LogP contribution in [0.2, 0.25) is 5.02 Å². The Labute approximate surface area is 257 Å². The Hall–Kier alpha value is -2.47. The van der Waals surface area contributed by atoms with Gasteiger partial charge in [-0.1, -0.05) is 56.0 Å². The zero-order chi connectivity index (χ0) is 29.3. The molecule has 7 rings (SSSR count). The van der Waals surface area contributed by atoms with E-state index in [1.54, 1.807) is 0 Å². The SMILES string of the molecule is CCC(C)N(CC(=O)N(Cc1cccn1Cc1ccccc1Cl)C1CCCCC1)C(=O)NC12CC3CC(CC(C3)C1)C2. The fourth-order valence-corrected chi connectivity index (χ4v) is 9.19. The summed E-state index contributed by atoms with van der Waals surface area (Å²) in [7, 11) is 0. The highest BCUT2D eigenvalue weighted by atomic mass is 35.5. The molecule has 3 amide bonds. The first-order valence-electron chi connectivity index (χ1n) is 16.6. The fraction of sp³-hybridized carbons (Fsp3) is 0.657. The van der Waals surface area contributed by atoms with Crippen molar-refractivity contribution in [3.63, 3.8) is 0 Å². The summed E-state index contributed by atoms with van der Waals surface area (Å²) < 4.78 is 2.20. The first-order valence-corrected chi connectivity index (χ1v) is 17.0. The van der Waals surface area contributed by atoms with Gasteiger partial charge in [-0.3, -0.25) is 4.79 Å². The number of benzene rings is 1. The third-order valence-corrected chi connectivity index (χ3v) is 11.4. The fourth-order valence-electron chi connectivity index (χ4n) is 8.99. The molecule has 7 heteroatoms. The largest absolute Gasteiger partial charge is 0.345 e. The van der Waals surface area contributed by atoms with Crippen LogP contribution in [0.4, 0.5) is 4.79 Å². The predicted octanol–water partition coefficient (Wildman–Crippen LogP) is 7.63. The monoisotopic (exact) mass is 592 g/mol. The number of nitrogens with one attached hydrogen (secondary N) is 1. The molecule has 0 spiro atoms. The van der Waals surface area contributed by atoms with Crippen LogP contribution in [0.1, 0.15) is 102 Å². The highest BCUT2D eigenvalue weighted by molar-refractivity contribution is 6.31. The molecule has 1 heterocycles. The number of rotatable bonds is 10. The van der Waals surface area contributed by atoms with E-state index in [0.717, 1.165) is 85.4 Å². The van der Waals surface area contributed by atoms with E-state index in [1.807, 2.05) is 23.1 Å². The van der Waals surface area contributed by atoms with E-state index in [-0.39, 0.29) is 36.1 Å². The summed E-state index contributed by atoms with van der Waals surface area (Å²) in [5.41, 5.74) is 2.10. The molecule has 1 atom stereocenters. The molecule has 0 radical (unpaired) electrons. The van der Waals surface area contributed by atoms with Gasteiger partial charge in [0.25, 0.3) is 0 Å². The van der Waals surface area contributed by atoms with Crippen LogP contribution in [0.15, 0.2) is 42.6 Å². The molecule has 4 bridgehead atoms. The smallest absolute Gasteiger partial charge is 0.318 e. The molecule has 5 aliphatic rings. The highest BCUT2D eigenvalue weighted by Gasteiger charge is 2.52. The molecule has 2 aromatic rings. The average molecular weight is 593 g/mol. The Morgan fingerprint density at radius 2 is 1.67 bits per heavy atom. The zero-order valence-corrected chi connectivity index (χ0v) is 26.3. The van der Waals surface area contributed by atoms with Gasteiger partial charge in [-0.2, -0.15) is 0 Å². The molecule has 1 aromatic carbocycles. The summed E-state index contributed by atoms with van der Waals surface area (Å²) in [6.07, 6.45) is 15.9. The topological polar surface area (TPSA) is 57.6 Å². The van der Waals surface area contributed by atoms with Crippen LogP contribution in [0.3, 0.4) is 0 Å². The molecule has 6 nitrogen and oxygen atoms in total. The number of carbonyl (C=O) groups is 2. The van der Waals surface area contributed by atoms with Gasteiger partial charge in [0.2, 0.25) is 5.91 Å². The van der Waals surface area contributed by atoms with Crippen LogP contribution in [-0.4, -0.2) is 50.5 Å². The molecule has 0 saturated heterocycles. The minimum Gasteiger partial charge on any atom is -0.345 e. The lowest BCUT2D eigenvalue weighted by Crippen LogP contribution is -2.63. The van der Waals surface area contributed by atoms with Gasteiger partial charge in [0.15, 0.2) is 0 Å². The van der Waals surface area contributed by atoms with Gasteiger partial charge in [0.1, 0.15) is 6.54 Å². The third-order valence-electron chi connectivity index (χ3n) is 11.0. The lowest BCUT2D eigenvalue weighted by Gasteiger charge is -2.57. The molecule has 1 aromatic heterocycles. The Morgan fingerprint density at radius 3 is 2.31 bits per heavy atom. The number of urea groups is 1. The average Bonchev–Trinajstić information content (AvgIpc) is 3.41. The van der Waals surface area contributed by atoms with Gasteiger partial charge < -0.3 is 19.7 Å². The molecule has 5 fully saturated rings. The van der Waals surface area contributed by atoms with E-state index >= 15 is 0 Å². The first-order chi connectivity index (χ1) is 20.3. The molecule has 42 heavy (non-hydrogen) atoms. The minimum absolute atomic E-state index is 0.000141. The molecular formula is C35H49ClN4O2. The van der Waals surface area contributed by atoms with Gasteiger partial charge >= 0.3 is 6.03 Å². The standard InChI is InChI=1S/C35H49ClN4O2/c1-3-25(2)39(34(42)37-35-19-26-16-27(20-35)18-28(17-26)21-35)24-33(41)40(30-11-5-4-6-12-30)23-31-13-9-15-38(31)22-29-10-7-8-14-32(29)36/h7-10,13-15,25-28,30H,3-6,11-12,16-24H2,1-2H3,(H,37,42). The van der Waals surface area contributed by atoms with E-state index in [0.29, 0.717) is 13.1 Å². The van der Waals surface area contributed by atoms with Crippen molar-refractivity contribution in [1.82, 2.24) is 19.7 Å². The third kappa shape index (κ3) is 6.39. The Kier molecular flexibility index (Phi) is 8.91. The maximum absolute atomic E-state index is 14.3. The maximum Gasteiger partial charge on any atom is 0.318 e. The molecule has 5 aliphatic carbocycles. The summed E-state index contributed by atoms with van der Waals surface area (Å²) >= 11 is 6.49. The lowest BCUT2D eigenvalue weighted by atomic mass is 9.53. The van der Waals surface area contributed by atoms with Crippen molar-refractivity contribution in [3.8, 4) is 0 Å². The second-order valence-corrected chi connectivity index (χ2v) is 14.5. The van der Waals surface area contributed by atoms with Crippen LogP contribution >= 0.6 is 11.6 Å². The Bertz CT molecular complexity index is 1220. The van der Waals surface area contributed by atoms with E-state index in [9.17, 15) is 9.59 Å². The number of halogens is 1. The normalized spacial score (nSPS) is 27.5. The van der Waals surface area contributed by atoms with Crippen molar-refractivity contribution >= 4 is 23.5 Å². The number of hydrogen-bond acceptors (Lipinski definition) is 2. The number of amides is 3. The van der Waals surface area contributed by atoms with E-state index < -0.39 is 0 Å². The summed E-state index contributed by atoms with van der Waals surface area (Å²) in [4.78, 5) is 32.2. The van der Waals surface area contributed by atoms with Gasteiger partial charge in [0, 0.05) is 41.1 Å². The molecule has 1 N–H and O–H groups in total.